The van der Waals surface area contributed by atoms with Crippen molar-refractivity contribution < 1.29 is 19.5 Å². The number of carbonyl (C=O) groups is 1. The Bertz CT molecular complexity index is 358. The van der Waals surface area contributed by atoms with Crippen LogP contribution in [-0.2, 0) is 4.79 Å². The van der Waals surface area contributed by atoms with Gasteiger partial charge in [0.2, 0.25) is 0 Å². The monoisotopic (exact) mass is 342 g/mol. The first-order valence-corrected chi connectivity index (χ1v) is 9.86. The summed E-state index contributed by atoms with van der Waals surface area (Å²) in [6.07, 6.45) is 10.7. The van der Waals surface area contributed by atoms with Crippen LogP contribution < -0.4 is 0 Å². The predicted octanol–water partition coefficient (Wildman–Crippen LogP) is 5.15. The highest BCUT2D eigenvalue weighted by atomic mass is 16.4. The average molecular weight is 343 g/mol. The van der Waals surface area contributed by atoms with E-state index in [-0.39, 0.29) is 5.92 Å². The lowest BCUT2D eigenvalue weighted by atomic mass is 10.1. The topological polar surface area (TPSA) is 57.5 Å². The molecule has 0 aliphatic carbocycles. The third-order valence-corrected chi connectivity index (χ3v) is 4.74. The molecule has 0 saturated carbocycles. The second kappa shape index (κ2) is 13.3. The van der Waals surface area contributed by atoms with Crippen LogP contribution in [0.15, 0.2) is 11.8 Å². The molecule has 0 aromatic rings. The molecule has 0 radical (unpaired) electrons. The van der Waals surface area contributed by atoms with Gasteiger partial charge in [0.25, 0.3) is 0 Å². The van der Waals surface area contributed by atoms with Gasteiger partial charge in [0, 0.05) is 0 Å². The zero-order chi connectivity index (χ0) is 18.4. The molecule has 0 aromatic heterocycles. The summed E-state index contributed by atoms with van der Waals surface area (Å²) in [5.74, 6) is -0.681. The van der Waals surface area contributed by atoms with Crippen molar-refractivity contribution in [3.63, 3.8) is 0 Å². The van der Waals surface area contributed by atoms with Crippen LogP contribution in [-0.4, -0.2) is 46.8 Å². The number of hydrogen-bond donors (Lipinski definition) is 2. The summed E-state index contributed by atoms with van der Waals surface area (Å²) in [4.78, 5) is 11.4. The molecule has 0 aliphatic heterocycles. The van der Waals surface area contributed by atoms with E-state index >= 15 is 0 Å². The summed E-state index contributed by atoms with van der Waals surface area (Å²) in [6, 6.07) is 0. The number of allylic oxidation sites excluding steroid dienone is 1. The van der Waals surface area contributed by atoms with Gasteiger partial charge in [0.15, 0.2) is 0 Å². The van der Waals surface area contributed by atoms with Gasteiger partial charge in [-0.25, -0.2) is 0 Å². The molecule has 2 N–H and O–H groups in total. The van der Waals surface area contributed by atoms with Crippen molar-refractivity contribution in [3.8, 4) is 0 Å². The van der Waals surface area contributed by atoms with Gasteiger partial charge < -0.3 is 14.7 Å². The molecule has 0 bridgehead atoms. The maximum atomic E-state index is 11.4. The Balaban J connectivity index is 5.10. The first-order chi connectivity index (χ1) is 11.4. The lowest BCUT2D eigenvalue weighted by Gasteiger charge is -2.40. The summed E-state index contributed by atoms with van der Waals surface area (Å²) >= 11 is 0. The molecular weight excluding hydrogens is 302 g/mol. The lowest BCUT2D eigenvalue weighted by Crippen LogP contribution is -2.54. The molecule has 142 valence electrons. The Kier molecular flexibility index (Phi) is 12.7. The van der Waals surface area contributed by atoms with Crippen molar-refractivity contribution in [3.05, 3.63) is 11.8 Å². The van der Waals surface area contributed by atoms with E-state index in [0.29, 0.717) is 23.3 Å². The van der Waals surface area contributed by atoms with E-state index in [1.165, 1.54) is 12.8 Å². The van der Waals surface area contributed by atoms with Gasteiger partial charge in [-0.05, 0) is 38.7 Å². The number of quaternary nitrogens is 1. The highest BCUT2D eigenvalue weighted by molar-refractivity contribution is 5.69. The van der Waals surface area contributed by atoms with E-state index in [4.69, 9.17) is 0 Å². The van der Waals surface area contributed by atoms with Crippen molar-refractivity contribution >= 4 is 5.97 Å². The SMILES string of the molecule is CCCCC/C=C(\O)C[N+](CCCC)(CCCC)CC(C)C(=O)O. The zero-order valence-corrected chi connectivity index (χ0v) is 16.4. The predicted molar refractivity (Wildman–Crippen MR) is 101 cm³/mol. The third-order valence-electron chi connectivity index (χ3n) is 4.74. The van der Waals surface area contributed by atoms with Crippen molar-refractivity contribution in [2.45, 2.75) is 79.1 Å². The molecule has 24 heavy (non-hydrogen) atoms. The highest BCUT2D eigenvalue weighted by Crippen LogP contribution is 2.19. The number of nitrogens with zero attached hydrogens (tertiary/aromatic N) is 1. The number of carboxylic acid groups (broad SMARTS) is 1. The number of aliphatic hydroxyl groups is 1. The van der Waals surface area contributed by atoms with E-state index in [1.54, 1.807) is 6.92 Å². The third kappa shape index (κ3) is 9.96. The van der Waals surface area contributed by atoms with Gasteiger partial charge in [-0.3, -0.25) is 4.79 Å². The number of rotatable bonds is 15. The van der Waals surface area contributed by atoms with Crippen LogP contribution in [0.25, 0.3) is 0 Å². The van der Waals surface area contributed by atoms with Gasteiger partial charge >= 0.3 is 5.97 Å². The van der Waals surface area contributed by atoms with Gasteiger partial charge in [-0.15, -0.1) is 0 Å². The molecule has 0 spiro atoms. The molecular formula is C20H40NO3+. The Morgan fingerprint density at radius 1 is 0.958 bits per heavy atom. The molecule has 0 saturated heterocycles. The minimum atomic E-state index is -0.739. The molecule has 0 aromatic carbocycles. The van der Waals surface area contributed by atoms with Gasteiger partial charge in [0.1, 0.15) is 18.2 Å². The largest absolute Gasteiger partial charge is 0.507 e. The zero-order valence-electron chi connectivity index (χ0n) is 16.4. The first-order valence-electron chi connectivity index (χ1n) is 9.86. The van der Waals surface area contributed by atoms with Crippen LogP contribution >= 0.6 is 0 Å². The molecule has 4 nitrogen and oxygen atoms in total. The van der Waals surface area contributed by atoms with E-state index in [0.717, 1.165) is 51.6 Å². The van der Waals surface area contributed by atoms with Crippen molar-refractivity contribution in [2.75, 3.05) is 26.2 Å². The van der Waals surface area contributed by atoms with Gasteiger partial charge in [-0.2, -0.15) is 0 Å². The summed E-state index contributed by atoms with van der Waals surface area (Å²) in [7, 11) is 0. The standard InChI is InChI=1S/C20H39NO3/c1-5-8-11-12-13-19(22)17-21(14-9-6-2,15-10-7-3)16-18(4)20(23)24/h13,18H,5-12,14-17H2,1-4H3,(H-,22,23,24)/p+1/b19-13-. The highest BCUT2D eigenvalue weighted by Gasteiger charge is 2.32. The Hall–Kier alpha value is -1.03. The van der Waals surface area contributed by atoms with E-state index < -0.39 is 5.97 Å². The molecule has 1 atom stereocenters. The number of unbranched alkanes of at least 4 members (excludes halogenated alkanes) is 5. The van der Waals surface area contributed by atoms with Crippen molar-refractivity contribution in [2.24, 2.45) is 5.92 Å². The summed E-state index contributed by atoms with van der Waals surface area (Å²) < 4.78 is 0.700. The number of carboxylic acids is 1. The maximum Gasteiger partial charge on any atom is 0.311 e. The van der Waals surface area contributed by atoms with Crippen molar-refractivity contribution in [1.29, 1.82) is 0 Å². The van der Waals surface area contributed by atoms with Crippen molar-refractivity contribution in [1.82, 2.24) is 0 Å². The van der Waals surface area contributed by atoms with E-state index in [2.05, 4.69) is 20.8 Å². The molecule has 0 heterocycles. The molecule has 0 amide bonds. The summed E-state index contributed by atoms with van der Waals surface area (Å²) in [5.41, 5.74) is 0. The van der Waals surface area contributed by atoms with E-state index in [9.17, 15) is 15.0 Å². The minimum Gasteiger partial charge on any atom is -0.507 e. The van der Waals surface area contributed by atoms with Crippen LogP contribution in [0.2, 0.25) is 0 Å². The fraction of sp³-hybridized carbons (Fsp3) is 0.850. The summed E-state index contributed by atoms with van der Waals surface area (Å²) in [5, 5.41) is 19.8. The molecule has 0 rings (SSSR count). The first kappa shape index (κ1) is 23.0. The van der Waals surface area contributed by atoms with Gasteiger partial charge in [0.05, 0.1) is 19.6 Å². The van der Waals surface area contributed by atoms with Crippen LogP contribution in [0, 0.1) is 5.92 Å². The number of aliphatic carboxylic acids is 1. The molecule has 1 unspecified atom stereocenters. The lowest BCUT2D eigenvalue weighted by molar-refractivity contribution is -0.927. The number of hydrogen-bond acceptors (Lipinski definition) is 2. The fourth-order valence-electron chi connectivity index (χ4n) is 3.23. The number of aliphatic hydroxyl groups excluding tert-OH is 1. The van der Waals surface area contributed by atoms with Gasteiger partial charge in [-0.1, -0.05) is 46.5 Å². The summed E-state index contributed by atoms with van der Waals surface area (Å²) in [6.45, 7) is 11.3. The Labute approximate surface area is 149 Å². The average Bonchev–Trinajstić information content (AvgIpc) is 2.54. The Morgan fingerprint density at radius 3 is 1.96 bits per heavy atom. The second-order valence-electron chi connectivity index (χ2n) is 7.27. The minimum absolute atomic E-state index is 0.383. The normalized spacial score (nSPS) is 13.9. The van der Waals surface area contributed by atoms with Crippen LogP contribution in [0.1, 0.15) is 79.1 Å². The molecule has 0 fully saturated rings. The fourth-order valence-corrected chi connectivity index (χ4v) is 3.23. The quantitative estimate of drug-likeness (QED) is 0.246. The molecule has 4 heteroatoms. The maximum absolute atomic E-state index is 11.4. The smallest absolute Gasteiger partial charge is 0.311 e. The van der Waals surface area contributed by atoms with Crippen LogP contribution in [0.3, 0.4) is 0 Å². The second-order valence-corrected chi connectivity index (χ2v) is 7.27. The van der Waals surface area contributed by atoms with Crippen LogP contribution in [0.5, 0.6) is 0 Å². The Morgan fingerprint density at radius 2 is 1.50 bits per heavy atom. The molecule has 0 aliphatic rings. The van der Waals surface area contributed by atoms with E-state index in [1.807, 2.05) is 6.08 Å². The van der Waals surface area contributed by atoms with Crippen LogP contribution in [0.4, 0.5) is 0 Å².